The first-order valence-electron chi connectivity index (χ1n) is 7.50. The van der Waals surface area contributed by atoms with Crippen LogP contribution in [0.2, 0.25) is 0 Å². The van der Waals surface area contributed by atoms with Crippen molar-refractivity contribution in [2.45, 2.75) is 26.0 Å². The van der Waals surface area contributed by atoms with Gasteiger partial charge in [0, 0.05) is 0 Å². The van der Waals surface area contributed by atoms with Crippen molar-refractivity contribution in [3.8, 4) is 0 Å². The Balaban J connectivity index is 2.18. The molecule has 23 heavy (non-hydrogen) atoms. The number of hydrogen-bond donors (Lipinski definition) is 1. The van der Waals surface area contributed by atoms with E-state index in [9.17, 15) is 14.7 Å². The van der Waals surface area contributed by atoms with Crippen molar-refractivity contribution < 1.29 is 14.6 Å². The van der Waals surface area contributed by atoms with E-state index in [1.807, 2.05) is 13.8 Å². The average molecular weight is 317 g/mol. The molecule has 0 amide bonds. The number of fused-ring (bicyclic) bond motifs is 1. The molecule has 0 bridgehead atoms. The van der Waals surface area contributed by atoms with Crippen molar-refractivity contribution in [2.24, 2.45) is 5.92 Å². The lowest BCUT2D eigenvalue weighted by molar-refractivity contribution is -0.139. The quantitative estimate of drug-likeness (QED) is 0.656. The van der Waals surface area contributed by atoms with Crippen LogP contribution in [0.4, 0.5) is 0 Å². The third-order valence-corrected chi connectivity index (χ3v) is 3.99. The summed E-state index contributed by atoms with van der Waals surface area (Å²) in [6.45, 7) is 4.05. The fraction of sp³-hybridized carbons (Fsp3) is 0.438. The van der Waals surface area contributed by atoms with Gasteiger partial charge in [-0.05, 0) is 18.1 Å². The number of benzene rings is 1. The second-order valence-corrected chi connectivity index (χ2v) is 5.95. The average Bonchev–Trinajstić information content (AvgIpc) is 3.33. The molecule has 0 spiro atoms. The Morgan fingerprint density at radius 2 is 2.09 bits per heavy atom. The van der Waals surface area contributed by atoms with Gasteiger partial charge in [0.15, 0.2) is 11.9 Å². The minimum Gasteiger partial charge on any atom is -0.467 e. The minimum atomic E-state index is -0.911. The van der Waals surface area contributed by atoms with E-state index < -0.39 is 18.1 Å². The monoisotopic (exact) mass is 317 g/mol. The van der Waals surface area contributed by atoms with Gasteiger partial charge in [-0.2, -0.15) is 0 Å². The van der Waals surface area contributed by atoms with E-state index >= 15 is 0 Å². The molecule has 1 aliphatic rings. The number of aliphatic hydroxyl groups excluding tert-OH is 1. The maximum absolute atomic E-state index is 12.8. The van der Waals surface area contributed by atoms with Crippen LogP contribution in [-0.2, 0) is 9.53 Å². The first-order chi connectivity index (χ1) is 11.0. The van der Waals surface area contributed by atoms with E-state index in [-0.39, 0.29) is 17.3 Å². The Kier molecular flexibility index (Phi) is 3.81. The van der Waals surface area contributed by atoms with E-state index in [1.54, 1.807) is 29.3 Å². The summed E-state index contributed by atoms with van der Waals surface area (Å²) in [5.74, 6) is -0.281. The predicted molar refractivity (Wildman–Crippen MR) is 84.7 cm³/mol. The molecular weight excluding hydrogens is 298 g/mol. The molecule has 1 N–H and O–H groups in total. The summed E-state index contributed by atoms with van der Waals surface area (Å²) >= 11 is 0. The van der Waals surface area contributed by atoms with Crippen molar-refractivity contribution in [3.63, 3.8) is 0 Å². The summed E-state index contributed by atoms with van der Waals surface area (Å²) in [5.41, 5.74) is 0.233. The summed E-state index contributed by atoms with van der Waals surface area (Å²) in [5, 5.41) is 12.5. The molecule has 1 saturated heterocycles. The lowest BCUT2D eigenvalue weighted by Crippen LogP contribution is -2.37. The Labute approximate surface area is 133 Å². The van der Waals surface area contributed by atoms with Crippen LogP contribution >= 0.6 is 0 Å². The van der Waals surface area contributed by atoms with Gasteiger partial charge in [-0.1, -0.05) is 26.0 Å². The Morgan fingerprint density at radius 1 is 1.39 bits per heavy atom. The van der Waals surface area contributed by atoms with Gasteiger partial charge in [0.25, 0.3) is 5.56 Å². The van der Waals surface area contributed by atoms with Crippen LogP contribution in [-0.4, -0.2) is 40.4 Å². The number of aromatic nitrogens is 2. The van der Waals surface area contributed by atoms with Gasteiger partial charge in [-0.15, -0.1) is 0 Å². The van der Waals surface area contributed by atoms with Gasteiger partial charge in [0.05, 0.1) is 24.6 Å². The van der Waals surface area contributed by atoms with E-state index in [1.165, 1.54) is 11.8 Å². The zero-order valence-corrected chi connectivity index (χ0v) is 13.3. The number of nitrogens with zero attached hydrogens (tertiary/aromatic N) is 3. The van der Waals surface area contributed by atoms with Crippen molar-refractivity contribution in [1.82, 2.24) is 9.66 Å². The molecule has 1 fully saturated rings. The largest absolute Gasteiger partial charge is 0.467 e. The maximum Gasteiger partial charge on any atom is 0.332 e. The van der Waals surface area contributed by atoms with E-state index in [0.29, 0.717) is 17.4 Å². The van der Waals surface area contributed by atoms with Crippen molar-refractivity contribution >= 4 is 16.9 Å². The predicted octanol–water partition coefficient (Wildman–Crippen LogP) is 0.579. The zero-order chi connectivity index (χ0) is 16.7. The van der Waals surface area contributed by atoms with Crippen LogP contribution in [0.15, 0.2) is 29.1 Å². The topological polar surface area (TPSA) is 84.4 Å². The number of rotatable bonds is 4. The van der Waals surface area contributed by atoms with Crippen LogP contribution in [0.3, 0.4) is 0 Å². The highest BCUT2D eigenvalue weighted by Gasteiger charge is 2.44. The van der Waals surface area contributed by atoms with Gasteiger partial charge < -0.3 is 9.84 Å². The second-order valence-electron chi connectivity index (χ2n) is 5.95. The molecule has 7 heteroatoms. The third-order valence-electron chi connectivity index (χ3n) is 3.99. The van der Waals surface area contributed by atoms with E-state index in [4.69, 9.17) is 4.74 Å². The number of carbonyl (C=O) groups excluding carboxylic acids is 1. The van der Waals surface area contributed by atoms with Gasteiger partial charge in [-0.25, -0.2) is 14.5 Å². The second kappa shape index (κ2) is 5.66. The van der Waals surface area contributed by atoms with Crippen LogP contribution in [0.5, 0.6) is 0 Å². The molecule has 2 aromatic rings. The van der Waals surface area contributed by atoms with E-state index in [2.05, 4.69) is 4.98 Å². The van der Waals surface area contributed by atoms with Gasteiger partial charge in [-0.3, -0.25) is 9.80 Å². The summed E-state index contributed by atoms with van der Waals surface area (Å²) in [6.07, 6.45) is -0.911. The molecule has 0 aliphatic carbocycles. The number of carbonyl (C=O) groups is 1. The molecule has 1 aromatic carbocycles. The summed E-state index contributed by atoms with van der Waals surface area (Å²) in [7, 11) is 1.31. The molecule has 2 heterocycles. The highest BCUT2D eigenvalue weighted by molar-refractivity contribution is 5.83. The molecule has 2 atom stereocenters. The molecule has 122 valence electrons. The Hall–Kier alpha value is -2.41. The lowest BCUT2D eigenvalue weighted by atomic mass is 10.1. The molecule has 3 rings (SSSR count). The molecule has 0 unspecified atom stereocenters. The number of hydrogen-bond acceptors (Lipinski definition) is 6. The van der Waals surface area contributed by atoms with Gasteiger partial charge >= 0.3 is 5.97 Å². The standard InChI is InChI=1S/C16H19N3O4/c1-9(2)13(20)14-17-11-7-5-4-6-10(11)15(21)19(14)18-8-12(18)16(22)23-3/h4-7,9,12-13,20H,8H2,1-3H3/t12-,13+,18?/m1/s1. The van der Waals surface area contributed by atoms with Gasteiger partial charge in [0.2, 0.25) is 0 Å². The van der Waals surface area contributed by atoms with Gasteiger partial charge in [0.1, 0.15) is 6.10 Å². The summed E-state index contributed by atoms with van der Waals surface area (Å²) in [6, 6.07) is 6.45. The normalized spacial score (nSPS) is 18.3. The number of para-hydroxylation sites is 1. The van der Waals surface area contributed by atoms with Crippen LogP contribution in [0, 0.1) is 5.92 Å². The first kappa shape index (κ1) is 15.5. The number of ether oxygens (including phenoxy) is 1. The smallest absolute Gasteiger partial charge is 0.332 e. The molecule has 1 aliphatic heterocycles. The van der Waals surface area contributed by atoms with Crippen molar-refractivity contribution in [3.05, 3.63) is 40.4 Å². The zero-order valence-electron chi connectivity index (χ0n) is 13.3. The number of esters is 1. The van der Waals surface area contributed by atoms with Crippen LogP contribution < -0.4 is 10.6 Å². The van der Waals surface area contributed by atoms with Crippen molar-refractivity contribution in [2.75, 3.05) is 18.7 Å². The Bertz CT molecular complexity index is 815. The minimum absolute atomic E-state index is 0.120. The highest BCUT2D eigenvalue weighted by Crippen LogP contribution is 2.25. The number of methoxy groups -OCH3 is 1. The van der Waals surface area contributed by atoms with Crippen LogP contribution in [0.25, 0.3) is 10.9 Å². The maximum atomic E-state index is 12.8. The van der Waals surface area contributed by atoms with Crippen molar-refractivity contribution in [1.29, 1.82) is 0 Å². The fourth-order valence-electron chi connectivity index (χ4n) is 2.56. The first-order valence-corrected chi connectivity index (χ1v) is 7.50. The van der Waals surface area contributed by atoms with E-state index in [0.717, 1.165) is 0 Å². The summed E-state index contributed by atoms with van der Waals surface area (Å²) in [4.78, 5) is 29.0. The lowest BCUT2D eigenvalue weighted by Gasteiger charge is -2.21. The molecule has 7 nitrogen and oxygen atoms in total. The molecule has 0 saturated carbocycles. The fourth-order valence-corrected chi connectivity index (χ4v) is 2.56. The third kappa shape index (κ3) is 2.57. The van der Waals surface area contributed by atoms with Crippen LogP contribution in [0.1, 0.15) is 25.8 Å². The molecule has 1 aromatic heterocycles. The SMILES string of the molecule is COC(=O)[C@H]1CN1n1c([C@@H](O)C(C)C)nc2ccccc2c1=O. The number of aliphatic hydroxyl groups is 1. The highest BCUT2D eigenvalue weighted by atomic mass is 16.5. The molecule has 0 radical (unpaired) electrons. The summed E-state index contributed by atoms with van der Waals surface area (Å²) < 4.78 is 6.04. The Morgan fingerprint density at radius 3 is 2.74 bits per heavy atom. The molecular formula is C16H19N3O4.